The van der Waals surface area contributed by atoms with Gasteiger partial charge in [-0.15, -0.1) is 0 Å². The Balaban J connectivity index is 1.95. The molecule has 0 bridgehead atoms. The first-order chi connectivity index (χ1) is 8.08. The number of nitrogens with two attached hydrogens (primary N) is 1. The Hall–Kier alpha value is -0.870. The van der Waals surface area contributed by atoms with Gasteiger partial charge in [0.05, 0.1) is 11.8 Å². The molecule has 0 aliphatic carbocycles. The van der Waals surface area contributed by atoms with E-state index in [1.54, 1.807) is 0 Å². The fourth-order valence-electron chi connectivity index (χ4n) is 2.40. The van der Waals surface area contributed by atoms with Gasteiger partial charge in [-0.2, -0.15) is 5.10 Å². The smallest absolute Gasteiger partial charge is 0.0756 e. The van der Waals surface area contributed by atoms with Crippen LogP contribution in [-0.4, -0.2) is 28.5 Å². The maximum Gasteiger partial charge on any atom is 0.0756 e. The molecule has 3 atom stereocenters. The minimum atomic E-state index is 0.0583. The number of rotatable bonds is 4. The molecule has 1 saturated heterocycles. The van der Waals surface area contributed by atoms with Crippen molar-refractivity contribution < 1.29 is 4.74 Å². The van der Waals surface area contributed by atoms with Gasteiger partial charge < -0.3 is 10.5 Å². The Kier molecular flexibility index (Phi) is 3.84. The van der Waals surface area contributed by atoms with Crippen molar-refractivity contribution in [2.24, 2.45) is 11.7 Å². The number of nitrogens with zero attached hydrogens (tertiary/aromatic N) is 2. The SMILES string of the molecule is CC1CCOC1C(N)Cc1ccn(C(C)C)n1. The molecule has 3 unspecified atom stereocenters. The van der Waals surface area contributed by atoms with E-state index < -0.39 is 0 Å². The molecule has 17 heavy (non-hydrogen) atoms. The van der Waals surface area contributed by atoms with Crippen LogP contribution in [0.5, 0.6) is 0 Å². The van der Waals surface area contributed by atoms with Gasteiger partial charge in [-0.25, -0.2) is 0 Å². The van der Waals surface area contributed by atoms with Gasteiger partial charge in [0.15, 0.2) is 0 Å². The van der Waals surface area contributed by atoms with Gasteiger partial charge >= 0.3 is 0 Å². The highest BCUT2D eigenvalue weighted by molar-refractivity contribution is 5.03. The van der Waals surface area contributed by atoms with E-state index in [1.807, 2.05) is 10.9 Å². The second-order valence-electron chi connectivity index (χ2n) is 5.35. The van der Waals surface area contributed by atoms with Gasteiger partial charge in [0.2, 0.25) is 0 Å². The van der Waals surface area contributed by atoms with Crippen molar-refractivity contribution in [1.82, 2.24) is 9.78 Å². The van der Waals surface area contributed by atoms with Crippen molar-refractivity contribution in [3.05, 3.63) is 18.0 Å². The van der Waals surface area contributed by atoms with E-state index in [-0.39, 0.29) is 12.1 Å². The third-order valence-electron chi connectivity index (χ3n) is 3.50. The standard InChI is InChI=1S/C13H23N3O/c1-9(2)16-6-4-11(15-16)8-12(14)13-10(3)5-7-17-13/h4,6,9-10,12-13H,5,7-8,14H2,1-3H3. The zero-order chi connectivity index (χ0) is 12.4. The summed E-state index contributed by atoms with van der Waals surface area (Å²) in [5, 5.41) is 4.53. The molecular formula is C13H23N3O. The fourth-order valence-corrected chi connectivity index (χ4v) is 2.40. The molecule has 4 nitrogen and oxygen atoms in total. The average molecular weight is 237 g/mol. The fraction of sp³-hybridized carbons (Fsp3) is 0.769. The van der Waals surface area contributed by atoms with Crippen LogP contribution < -0.4 is 5.73 Å². The Morgan fingerprint density at radius 3 is 2.88 bits per heavy atom. The third kappa shape index (κ3) is 2.87. The predicted octanol–water partition coefficient (Wildman–Crippen LogP) is 1.76. The van der Waals surface area contributed by atoms with E-state index in [1.165, 1.54) is 0 Å². The second kappa shape index (κ2) is 5.19. The maximum atomic E-state index is 6.21. The topological polar surface area (TPSA) is 53.1 Å². The lowest BCUT2D eigenvalue weighted by Gasteiger charge is -2.21. The molecule has 1 aromatic heterocycles. The molecule has 0 aromatic carbocycles. The largest absolute Gasteiger partial charge is 0.376 e. The molecule has 0 radical (unpaired) electrons. The van der Waals surface area contributed by atoms with E-state index in [0.29, 0.717) is 12.0 Å². The van der Waals surface area contributed by atoms with E-state index in [4.69, 9.17) is 10.5 Å². The van der Waals surface area contributed by atoms with Crippen LogP contribution in [0.3, 0.4) is 0 Å². The quantitative estimate of drug-likeness (QED) is 0.868. The molecule has 2 N–H and O–H groups in total. The van der Waals surface area contributed by atoms with Gasteiger partial charge in [-0.3, -0.25) is 4.68 Å². The average Bonchev–Trinajstić information content (AvgIpc) is 2.86. The lowest BCUT2D eigenvalue weighted by atomic mass is 9.95. The monoisotopic (exact) mass is 237 g/mol. The first-order valence-corrected chi connectivity index (χ1v) is 6.49. The summed E-state index contributed by atoms with van der Waals surface area (Å²) < 4.78 is 7.67. The Morgan fingerprint density at radius 1 is 1.59 bits per heavy atom. The maximum absolute atomic E-state index is 6.21. The first-order valence-electron chi connectivity index (χ1n) is 6.49. The molecule has 4 heteroatoms. The Bertz CT molecular complexity index is 361. The Morgan fingerprint density at radius 2 is 2.35 bits per heavy atom. The summed E-state index contributed by atoms with van der Waals surface area (Å²) in [5.41, 5.74) is 7.28. The molecule has 1 aliphatic rings. The molecule has 0 amide bonds. The lowest BCUT2D eigenvalue weighted by molar-refractivity contribution is 0.0723. The highest BCUT2D eigenvalue weighted by Crippen LogP contribution is 2.23. The van der Waals surface area contributed by atoms with Gasteiger partial charge in [0.25, 0.3) is 0 Å². The van der Waals surface area contributed by atoms with Crippen LogP contribution in [-0.2, 0) is 11.2 Å². The number of ether oxygens (including phenoxy) is 1. The highest BCUT2D eigenvalue weighted by Gasteiger charge is 2.30. The van der Waals surface area contributed by atoms with Crippen molar-refractivity contribution in [1.29, 1.82) is 0 Å². The molecule has 1 aliphatic heterocycles. The minimum absolute atomic E-state index is 0.0583. The van der Waals surface area contributed by atoms with Crippen molar-refractivity contribution in [2.75, 3.05) is 6.61 Å². The Labute approximate surface area is 103 Å². The molecule has 2 heterocycles. The summed E-state index contributed by atoms with van der Waals surface area (Å²) >= 11 is 0. The molecule has 96 valence electrons. The lowest BCUT2D eigenvalue weighted by Crippen LogP contribution is -2.39. The van der Waals surface area contributed by atoms with Gasteiger partial charge in [0, 0.05) is 31.3 Å². The van der Waals surface area contributed by atoms with Crippen LogP contribution >= 0.6 is 0 Å². The van der Waals surface area contributed by atoms with Gasteiger partial charge in [-0.1, -0.05) is 6.92 Å². The third-order valence-corrected chi connectivity index (χ3v) is 3.50. The van der Waals surface area contributed by atoms with Crippen molar-refractivity contribution >= 4 is 0 Å². The zero-order valence-corrected chi connectivity index (χ0v) is 11.0. The van der Waals surface area contributed by atoms with Crippen LogP contribution in [0.25, 0.3) is 0 Å². The van der Waals surface area contributed by atoms with E-state index in [9.17, 15) is 0 Å². The summed E-state index contributed by atoms with van der Waals surface area (Å²) in [5.74, 6) is 0.567. The summed E-state index contributed by atoms with van der Waals surface area (Å²) in [4.78, 5) is 0. The molecular weight excluding hydrogens is 214 g/mol. The summed E-state index contributed by atoms with van der Waals surface area (Å²) in [6.45, 7) is 7.31. The van der Waals surface area contributed by atoms with Crippen molar-refractivity contribution in [3.63, 3.8) is 0 Å². The number of aromatic nitrogens is 2. The van der Waals surface area contributed by atoms with Gasteiger partial charge in [-0.05, 0) is 32.3 Å². The summed E-state index contributed by atoms with van der Waals surface area (Å²) in [6.07, 6.45) is 4.14. The van der Waals surface area contributed by atoms with E-state index in [2.05, 4.69) is 31.9 Å². The normalized spacial score (nSPS) is 26.6. The number of hydrogen-bond acceptors (Lipinski definition) is 3. The number of hydrogen-bond donors (Lipinski definition) is 1. The molecule has 0 spiro atoms. The van der Waals surface area contributed by atoms with E-state index in [0.717, 1.165) is 25.1 Å². The van der Waals surface area contributed by atoms with Crippen LogP contribution in [0, 0.1) is 5.92 Å². The molecule has 1 fully saturated rings. The highest BCUT2D eigenvalue weighted by atomic mass is 16.5. The van der Waals surface area contributed by atoms with Crippen molar-refractivity contribution in [3.8, 4) is 0 Å². The molecule has 1 aromatic rings. The zero-order valence-electron chi connectivity index (χ0n) is 11.0. The van der Waals surface area contributed by atoms with Crippen LogP contribution in [0.2, 0.25) is 0 Å². The molecule has 0 saturated carbocycles. The first kappa shape index (κ1) is 12.6. The minimum Gasteiger partial charge on any atom is -0.376 e. The van der Waals surface area contributed by atoms with E-state index >= 15 is 0 Å². The summed E-state index contributed by atoms with van der Waals surface area (Å²) in [7, 11) is 0. The van der Waals surface area contributed by atoms with Crippen LogP contribution in [0.1, 0.15) is 38.9 Å². The van der Waals surface area contributed by atoms with Crippen LogP contribution in [0.4, 0.5) is 0 Å². The second-order valence-corrected chi connectivity index (χ2v) is 5.35. The van der Waals surface area contributed by atoms with Crippen LogP contribution in [0.15, 0.2) is 12.3 Å². The summed E-state index contributed by atoms with van der Waals surface area (Å²) in [6, 6.07) is 2.52. The van der Waals surface area contributed by atoms with Gasteiger partial charge in [0.1, 0.15) is 0 Å². The van der Waals surface area contributed by atoms with Crippen molar-refractivity contribution in [2.45, 2.75) is 51.8 Å². The molecule has 2 rings (SSSR count). The predicted molar refractivity (Wildman–Crippen MR) is 67.8 cm³/mol.